The first-order chi connectivity index (χ1) is 12.6. The Morgan fingerprint density at radius 2 is 1.33 bits per heavy atom. The van der Waals surface area contributed by atoms with Gasteiger partial charge in [0, 0.05) is 19.5 Å². The molecule has 158 valence electrons. The third-order valence-electron chi connectivity index (χ3n) is 3.32. The number of nitrogens with one attached hydrogen (secondary N) is 3. The Morgan fingerprint density at radius 1 is 0.778 bits per heavy atom. The SMILES string of the molecule is CC(C)COC(=O)NCC(CCNC(=O)CC(C)C)NC(=O)OCC(C)C. The molecular weight excluding hydrogens is 350 g/mol. The topological polar surface area (TPSA) is 106 Å². The van der Waals surface area contributed by atoms with Crippen molar-refractivity contribution in [3.8, 4) is 0 Å². The van der Waals surface area contributed by atoms with Crippen molar-refractivity contribution < 1.29 is 23.9 Å². The van der Waals surface area contributed by atoms with Gasteiger partial charge >= 0.3 is 12.2 Å². The van der Waals surface area contributed by atoms with Gasteiger partial charge in [0.05, 0.1) is 19.3 Å². The second kappa shape index (κ2) is 14.1. The number of ether oxygens (including phenoxy) is 2. The molecule has 0 radical (unpaired) electrons. The summed E-state index contributed by atoms with van der Waals surface area (Å²) in [6.07, 6.45) is -0.159. The summed E-state index contributed by atoms with van der Waals surface area (Å²) in [5.74, 6) is 0.721. The molecule has 0 rings (SSSR count). The van der Waals surface area contributed by atoms with Gasteiger partial charge in [-0.3, -0.25) is 4.79 Å². The molecular formula is C19H37N3O5. The van der Waals surface area contributed by atoms with E-state index in [-0.39, 0.29) is 36.2 Å². The van der Waals surface area contributed by atoms with Crippen LogP contribution >= 0.6 is 0 Å². The van der Waals surface area contributed by atoms with Gasteiger partial charge in [0.1, 0.15) is 0 Å². The molecule has 1 atom stereocenters. The highest BCUT2D eigenvalue weighted by Crippen LogP contribution is 2.00. The number of amides is 3. The van der Waals surface area contributed by atoms with E-state index < -0.39 is 12.2 Å². The van der Waals surface area contributed by atoms with E-state index in [0.29, 0.717) is 32.6 Å². The molecule has 0 aromatic heterocycles. The molecule has 0 aliphatic rings. The van der Waals surface area contributed by atoms with Crippen LogP contribution in [-0.4, -0.2) is 50.4 Å². The predicted octanol–water partition coefficient (Wildman–Crippen LogP) is 2.67. The van der Waals surface area contributed by atoms with Crippen LogP contribution < -0.4 is 16.0 Å². The van der Waals surface area contributed by atoms with Gasteiger partial charge in [-0.15, -0.1) is 0 Å². The van der Waals surface area contributed by atoms with Crippen molar-refractivity contribution >= 4 is 18.1 Å². The standard InChI is InChI=1S/C19H37N3O5/c1-13(2)9-17(23)20-8-7-16(22-19(25)27-12-15(5)6)10-21-18(24)26-11-14(3)4/h13-16H,7-12H2,1-6H3,(H,20,23)(H,21,24)(H,22,25). The normalized spacial score (nSPS) is 12.0. The van der Waals surface area contributed by atoms with Gasteiger partial charge in [0.2, 0.25) is 5.91 Å². The van der Waals surface area contributed by atoms with Gasteiger partial charge in [0.25, 0.3) is 0 Å². The molecule has 0 aliphatic heterocycles. The Hall–Kier alpha value is -1.99. The lowest BCUT2D eigenvalue weighted by molar-refractivity contribution is -0.121. The van der Waals surface area contributed by atoms with E-state index in [9.17, 15) is 14.4 Å². The van der Waals surface area contributed by atoms with Gasteiger partial charge in [0.15, 0.2) is 0 Å². The first kappa shape index (κ1) is 25.0. The molecule has 0 spiro atoms. The summed E-state index contributed by atoms with van der Waals surface area (Å²) in [4.78, 5) is 35.3. The molecule has 0 aromatic carbocycles. The van der Waals surface area contributed by atoms with Crippen LogP contribution in [0.2, 0.25) is 0 Å². The first-order valence-electron chi connectivity index (χ1n) is 9.70. The van der Waals surface area contributed by atoms with E-state index in [1.165, 1.54) is 0 Å². The Bertz CT molecular complexity index is 453. The Labute approximate surface area is 163 Å². The molecule has 3 N–H and O–H groups in total. The second-order valence-electron chi connectivity index (χ2n) is 7.94. The lowest BCUT2D eigenvalue weighted by Crippen LogP contribution is -2.46. The molecule has 8 heteroatoms. The van der Waals surface area contributed by atoms with Crippen molar-refractivity contribution in [3.63, 3.8) is 0 Å². The van der Waals surface area contributed by atoms with Crippen LogP contribution in [0.4, 0.5) is 9.59 Å². The van der Waals surface area contributed by atoms with Gasteiger partial charge in [-0.25, -0.2) is 9.59 Å². The number of rotatable bonds is 12. The highest BCUT2D eigenvalue weighted by molar-refractivity contribution is 5.76. The Kier molecular flexibility index (Phi) is 13.1. The fraction of sp³-hybridized carbons (Fsp3) is 0.842. The lowest BCUT2D eigenvalue weighted by atomic mass is 10.1. The van der Waals surface area contributed by atoms with Gasteiger partial charge in [-0.1, -0.05) is 41.5 Å². The van der Waals surface area contributed by atoms with Gasteiger partial charge < -0.3 is 25.4 Å². The molecule has 0 bridgehead atoms. The van der Waals surface area contributed by atoms with Crippen molar-refractivity contribution in [2.24, 2.45) is 17.8 Å². The Balaban J connectivity index is 4.45. The zero-order valence-electron chi connectivity index (χ0n) is 17.6. The molecule has 27 heavy (non-hydrogen) atoms. The minimum atomic E-state index is -0.542. The van der Waals surface area contributed by atoms with Crippen LogP contribution in [0.3, 0.4) is 0 Å². The molecule has 3 amide bonds. The van der Waals surface area contributed by atoms with Crippen LogP contribution in [0.5, 0.6) is 0 Å². The fourth-order valence-electron chi connectivity index (χ4n) is 2.00. The quantitative estimate of drug-likeness (QED) is 0.477. The summed E-state index contributed by atoms with van der Waals surface area (Å²) >= 11 is 0. The average Bonchev–Trinajstić information content (AvgIpc) is 2.55. The molecule has 0 heterocycles. The summed E-state index contributed by atoms with van der Waals surface area (Å²) in [5, 5.41) is 8.18. The highest BCUT2D eigenvalue weighted by atomic mass is 16.6. The molecule has 0 fully saturated rings. The summed E-state index contributed by atoms with van der Waals surface area (Å²) in [6, 6.07) is -0.379. The van der Waals surface area contributed by atoms with E-state index >= 15 is 0 Å². The van der Waals surface area contributed by atoms with Crippen molar-refractivity contribution in [3.05, 3.63) is 0 Å². The van der Waals surface area contributed by atoms with Crippen LogP contribution in [0.25, 0.3) is 0 Å². The summed E-state index contributed by atoms with van der Waals surface area (Å²) in [5.41, 5.74) is 0. The molecule has 8 nitrogen and oxygen atoms in total. The monoisotopic (exact) mass is 387 g/mol. The van der Waals surface area contributed by atoms with E-state index in [4.69, 9.17) is 9.47 Å². The molecule has 0 saturated carbocycles. The van der Waals surface area contributed by atoms with E-state index in [2.05, 4.69) is 16.0 Å². The van der Waals surface area contributed by atoms with Crippen molar-refractivity contribution in [2.45, 2.75) is 60.4 Å². The highest BCUT2D eigenvalue weighted by Gasteiger charge is 2.16. The summed E-state index contributed by atoms with van der Waals surface area (Å²) in [6.45, 7) is 13.0. The number of alkyl carbamates (subject to hydrolysis) is 2. The minimum absolute atomic E-state index is 0.0320. The summed E-state index contributed by atoms with van der Waals surface area (Å²) in [7, 11) is 0. The van der Waals surface area contributed by atoms with E-state index in [0.717, 1.165) is 0 Å². The average molecular weight is 388 g/mol. The Morgan fingerprint density at radius 3 is 1.85 bits per heavy atom. The largest absolute Gasteiger partial charge is 0.449 e. The van der Waals surface area contributed by atoms with E-state index in [1.54, 1.807) is 0 Å². The lowest BCUT2D eigenvalue weighted by Gasteiger charge is -2.20. The third kappa shape index (κ3) is 15.9. The fourth-order valence-corrected chi connectivity index (χ4v) is 2.00. The first-order valence-corrected chi connectivity index (χ1v) is 9.70. The van der Waals surface area contributed by atoms with Crippen molar-refractivity contribution in [1.82, 2.24) is 16.0 Å². The van der Waals surface area contributed by atoms with Crippen LogP contribution in [0.1, 0.15) is 54.4 Å². The zero-order valence-corrected chi connectivity index (χ0v) is 17.6. The van der Waals surface area contributed by atoms with Gasteiger partial charge in [-0.05, 0) is 24.2 Å². The number of hydrogen-bond donors (Lipinski definition) is 3. The maximum absolute atomic E-state index is 11.9. The maximum Gasteiger partial charge on any atom is 0.407 e. The number of hydrogen-bond acceptors (Lipinski definition) is 5. The van der Waals surface area contributed by atoms with Crippen LogP contribution in [0, 0.1) is 17.8 Å². The number of carbonyl (C=O) groups excluding carboxylic acids is 3. The maximum atomic E-state index is 11.9. The third-order valence-corrected chi connectivity index (χ3v) is 3.32. The predicted molar refractivity (Wildman–Crippen MR) is 104 cm³/mol. The summed E-state index contributed by atoms with van der Waals surface area (Å²) < 4.78 is 10.2. The smallest absolute Gasteiger partial charge is 0.407 e. The van der Waals surface area contributed by atoms with Crippen LogP contribution in [-0.2, 0) is 14.3 Å². The molecule has 0 aromatic rings. The molecule has 1 unspecified atom stereocenters. The van der Waals surface area contributed by atoms with Crippen molar-refractivity contribution in [1.29, 1.82) is 0 Å². The second-order valence-corrected chi connectivity index (χ2v) is 7.94. The van der Waals surface area contributed by atoms with Crippen LogP contribution in [0.15, 0.2) is 0 Å². The van der Waals surface area contributed by atoms with Crippen molar-refractivity contribution in [2.75, 3.05) is 26.3 Å². The molecule has 0 saturated heterocycles. The minimum Gasteiger partial charge on any atom is -0.449 e. The number of carbonyl (C=O) groups is 3. The van der Waals surface area contributed by atoms with E-state index in [1.807, 2.05) is 41.5 Å². The molecule has 0 aliphatic carbocycles. The van der Waals surface area contributed by atoms with Gasteiger partial charge in [-0.2, -0.15) is 0 Å². The zero-order chi connectivity index (χ0) is 20.8.